The van der Waals surface area contributed by atoms with Gasteiger partial charge >= 0.3 is 6.18 Å². The van der Waals surface area contributed by atoms with E-state index in [1.165, 1.54) is 0 Å². The summed E-state index contributed by atoms with van der Waals surface area (Å²) in [5, 5.41) is 3.87. The Labute approximate surface area is 89.7 Å². The van der Waals surface area contributed by atoms with Crippen LogP contribution in [0.1, 0.15) is 4.88 Å². The van der Waals surface area contributed by atoms with Gasteiger partial charge in [-0.25, -0.2) is 0 Å². The molecule has 1 aliphatic heterocycles. The third-order valence-corrected chi connectivity index (χ3v) is 3.49. The number of rotatable bonds is 1. The van der Waals surface area contributed by atoms with Gasteiger partial charge in [-0.3, -0.25) is 0 Å². The van der Waals surface area contributed by atoms with Crippen molar-refractivity contribution in [1.29, 1.82) is 0 Å². The van der Waals surface area contributed by atoms with Crippen molar-refractivity contribution in [2.24, 2.45) is 0 Å². The van der Waals surface area contributed by atoms with E-state index in [-0.39, 0.29) is 0 Å². The SMILES string of the molecule is FC(F)(F)c1ccc(N2CCNCC2)s1. The van der Waals surface area contributed by atoms with Gasteiger partial charge in [-0.2, -0.15) is 13.2 Å². The average Bonchev–Trinajstić information content (AvgIpc) is 2.67. The molecule has 0 radical (unpaired) electrons. The van der Waals surface area contributed by atoms with E-state index in [1.807, 2.05) is 4.90 Å². The van der Waals surface area contributed by atoms with E-state index in [2.05, 4.69) is 5.32 Å². The highest BCUT2D eigenvalue weighted by molar-refractivity contribution is 7.16. The summed E-state index contributed by atoms with van der Waals surface area (Å²) in [6.45, 7) is 3.22. The van der Waals surface area contributed by atoms with Crippen molar-refractivity contribution in [3.05, 3.63) is 17.0 Å². The number of nitrogens with zero attached hydrogens (tertiary/aromatic N) is 1. The smallest absolute Gasteiger partial charge is 0.361 e. The monoisotopic (exact) mass is 236 g/mol. The van der Waals surface area contributed by atoms with E-state index in [0.717, 1.165) is 43.6 Å². The highest BCUT2D eigenvalue weighted by Gasteiger charge is 2.33. The van der Waals surface area contributed by atoms with Crippen LogP contribution in [0.25, 0.3) is 0 Å². The van der Waals surface area contributed by atoms with E-state index in [1.54, 1.807) is 6.07 Å². The number of alkyl halides is 3. The molecule has 0 unspecified atom stereocenters. The summed E-state index contributed by atoms with van der Waals surface area (Å²) in [5.74, 6) is 0. The molecule has 0 aliphatic carbocycles. The van der Waals surface area contributed by atoms with Gasteiger partial charge in [0.25, 0.3) is 0 Å². The van der Waals surface area contributed by atoms with Crippen LogP contribution in [0.3, 0.4) is 0 Å². The lowest BCUT2D eigenvalue weighted by Gasteiger charge is -2.27. The van der Waals surface area contributed by atoms with Crippen molar-refractivity contribution < 1.29 is 13.2 Å². The maximum atomic E-state index is 12.3. The van der Waals surface area contributed by atoms with E-state index < -0.39 is 11.1 Å². The zero-order chi connectivity index (χ0) is 10.9. The Morgan fingerprint density at radius 3 is 2.40 bits per heavy atom. The van der Waals surface area contributed by atoms with E-state index in [4.69, 9.17) is 0 Å². The van der Waals surface area contributed by atoms with Crippen LogP contribution in [0.2, 0.25) is 0 Å². The Morgan fingerprint density at radius 2 is 1.87 bits per heavy atom. The van der Waals surface area contributed by atoms with Crippen LogP contribution in [0.15, 0.2) is 12.1 Å². The topological polar surface area (TPSA) is 15.3 Å². The second-order valence-corrected chi connectivity index (χ2v) is 4.43. The minimum absolute atomic E-state index is 0.518. The maximum Gasteiger partial charge on any atom is 0.425 e. The van der Waals surface area contributed by atoms with Gasteiger partial charge in [-0.1, -0.05) is 0 Å². The number of piperazine rings is 1. The summed E-state index contributed by atoms with van der Waals surface area (Å²) in [4.78, 5) is 1.46. The lowest BCUT2D eigenvalue weighted by Crippen LogP contribution is -2.43. The molecule has 0 saturated carbocycles. The Bertz CT molecular complexity index is 328. The van der Waals surface area contributed by atoms with Gasteiger partial charge in [0.1, 0.15) is 4.88 Å². The number of hydrogen-bond donors (Lipinski definition) is 1. The first kappa shape index (κ1) is 10.8. The summed E-state index contributed by atoms with van der Waals surface area (Å²) in [5.41, 5.74) is 0. The van der Waals surface area contributed by atoms with Crippen LogP contribution in [-0.2, 0) is 6.18 Å². The molecule has 2 heterocycles. The maximum absolute atomic E-state index is 12.3. The normalized spacial score (nSPS) is 18.2. The molecule has 84 valence electrons. The molecule has 0 amide bonds. The number of hydrogen-bond acceptors (Lipinski definition) is 3. The van der Waals surface area contributed by atoms with Crippen molar-refractivity contribution in [2.75, 3.05) is 31.1 Å². The number of halogens is 3. The van der Waals surface area contributed by atoms with Crippen LogP contribution >= 0.6 is 11.3 Å². The molecule has 1 aromatic heterocycles. The summed E-state index contributed by atoms with van der Waals surface area (Å²) in [7, 11) is 0. The molecule has 15 heavy (non-hydrogen) atoms. The van der Waals surface area contributed by atoms with Crippen LogP contribution in [0.4, 0.5) is 18.2 Å². The van der Waals surface area contributed by atoms with Crippen LogP contribution in [-0.4, -0.2) is 26.2 Å². The Hall–Kier alpha value is -0.750. The summed E-state index contributed by atoms with van der Waals surface area (Å²) in [6.07, 6.45) is -4.21. The molecule has 2 rings (SSSR count). The fourth-order valence-electron chi connectivity index (χ4n) is 1.54. The molecular formula is C9H11F3N2S. The van der Waals surface area contributed by atoms with Crippen molar-refractivity contribution in [2.45, 2.75) is 6.18 Å². The Morgan fingerprint density at radius 1 is 1.20 bits per heavy atom. The molecule has 1 aliphatic rings. The summed E-state index contributed by atoms with van der Waals surface area (Å²) < 4.78 is 37.0. The molecule has 0 bridgehead atoms. The van der Waals surface area contributed by atoms with Gasteiger partial charge in [-0.05, 0) is 12.1 Å². The average molecular weight is 236 g/mol. The molecule has 1 saturated heterocycles. The Kier molecular flexibility index (Phi) is 2.88. The van der Waals surface area contributed by atoms with E-state index >= 15 is 0 Å². The fourth-order valence-corrected chi connectivity index (χ4v) is 2.46. The summed E-state index contributed by atoms with van der Waals surface area (Å²) in [6, 6.07) is 2.71. The van der Waals surface area contributed by atoms with Crippen molar-refractivity contribution in [3.63, 3.8) is 0 Å². The van der Waals surface area contributed by atoms with Crippen molar-refractivity contribution in [3.8, 4) is 0 Å². The second kappa shape index (κ2) is 4.02. The number of nitrogens with one attached hydrogen (secondary N) is 1. The van der Waals surface area contributed by atoms with E-state index in [0.29, 0.717) is 5.00 Å². The molecular weight excluding hydrogens is 225 g/mol. The first-order valence-electron chi connectivity index (χ1n) is 4.70. The molecule has 2 nitrogen and oxygen atoms in total. The minimum Gasteiger partial charge on any atom is -0.361 e. The molecule has 0 spiro atoms. The standard InChI is InChI=1S/C9H11F3N2S/c10-9(11,12)7-1-2-8(15-7)14-5-3-13-4-6-14/h1-2,13H,3-6H2. The predicted octanol–water partition coefficient (Wildman–Crippen LogP) is 2.18. The number of anilines is 1. The van der Waals surface area contributed by atoms with Gasteiger partial charge in [-0.15, -0.1) is 11.3 Å². The van der Waals surface area contributed by atoms with Gasteiger partial charge in [0.05, 0.1) is 5.00 Å². The Balaban J connectivity index is 2.12. The third-order valence-electron chi connectivity index (χ3n) is 2.30. The van der Waals surface area contributed by atoms with Crippen molar-refractivity contribution >= 4 is 16.3 Å². The molecule has 1 fully saturated rings. The molecule has 0 aromatic carbocycles. The van der Waals surface area contributed by atoms with Crippen molar-refractivity contribution in [1.82, 2.24) is 5.32 Å². The number of thiophene rings is 1. The second-order valence-electron chi connectivity index (χ2n) is 3.37. The molecule has 1 N–H and O–H groups in total. The highest BCUT2D eigenvalue weighted by atomic mass is 32.1. The van der Waals surface area contributed by atoms with E-state index in [9.17, 15) is 13.2 Å². The van der Waals surface area contributed by atoms with Crippen LogP contribution < -0.4 is 10.2 Å². The zero-order valence-corrected chi connectivity index (χ0v) is 8.79. The predicted molar refractivity (Wildman–Crippen MR) is 54.4 cm³/mol. The first-order valence-corrected chi connectivity index (χ1v) is 5.52. The van der Waals surface area contributed by atoms with Gasteiger partial charge in [0.15, 0.2) is 0 Å². The molecule has 6 heteroatoms. The lowest BCUT2D eigenvalue weighted by atomic mass is 10.3. The van der Waals surface area contributed by atoms with Crippen LogP contribution in [0.5, 0.6) is 0 Å². The minimum atomic E-state index is -4.21. The van der Waals surface area contributed by atoms with Crippen LogP contribution in [0, 0.1) is 0 Å². The molecule has 1 aromatic rings. The fraction of sp³-hybridized carbons (Fsp3) is 0.556. The highest BCUT2D eigenvalue weighted by Crippen LogP contribution is 2.37. The lowest BCUT2D eigenvalue weighted by molar-refractivity contribution is -0.134. The largest absolute Gasteiger partial charge is 0.425 e. The third kappa shape index (κ3) is 2.43. The quantitative estimate of drug-likeness (QED) is 0.804. The van der Waals surface area contributed by atoms with Gasteiger partial charge < -0.3 is 10.2 Å². The summed E-state index contributed by atoms with van der Waals surface area (Å²) >= 11 is 0.819. The zero-order valence-electron chi connectivity index (χ0n) is 7.97. The van der Waals surface area contributed by atoms with Gasteiger partial charge in [0.2, 0.25) is 0 Å². The molecule has 0 atom stereocenters. The van der Waals surface area contributed by atoms with Gasteiger partial charge in [0, 0.05) is 26.2 Å². The first-order chi connectivity index (χ1) is 7.07.